The molecule has 1 unspecified atom stereocenters. The van der Waals surface area contributed by atoms with Gasteiger partial charge in [0.15, 0.2) is 0 Å². The van der Waals surface area contributed by atoms with Crippen LogP contribution in [0.15, 0.2) is 34.1 Å². The van der Waals surface area contributed by atoms with E-state index >= 15 is 0 Å². The number of hydrogen-bond acceptors (Lipinski definition) is 4. The van der Waals surface area contributed by atoms with Crippen molar-refractivity contribution < 1.29 is 0 Å². The molecule has 0 radical (unpaired) electrons. The van der Waals surface area contributed by atoms with E-state index in [0.717, 1.165) is 36.2 Å². The van der Waals surface area contributed by atoms with Crippen molar-refractivity contribution in [2.45, 2.75) is 32.0 Å². The molecule has 1 atom stereocenters. The smallest absolute Gasteiger partial charge is 0.299 e. The predicted molar refractivity (Wildman–Crippen MR) is 82.6 cm³/mol. The van der Waals surface area contributed by atoms with Gasteiger partial charge in [-0.3, -0.25) is 23.5 Å². The summed E-state index contributed by atoms with van der Waals surface area (Å²) in [5, 5.41) is 4.26. The van der Waals surface area contributed by atoms with Crippen LogP contribution in [-0.4, -0.2) is 36.4 Å². The van der Waals surface area contributed by atoms with E-state index < -0.39 is 0 Å². The summed E-state index contributed by atoms with van der Waals surface area (Å²) in [7, 11) is 3.22. The molecule has 2 aromatic heterocycles. The highest BCUT2D eigenvalue weighted by atomic mass is 16.2. The highest BCUT2D eigenvalue weighted by Crippen LogP contribution is 2.20. The van der Waals surface area contributed by atoms with Crippen molar-refractivity contribution in [2.75, 3.05) is 6.54 Å². The topological polar surface area (TPSA) is 65.1 Å². The van der Waals surface area contributed by atoms with E-state index in [1.165, 1.54) is 7.05 Å². The van der Waals surface area contributed by atoms with Gasteiger partial charge in [-0.15, -0.1) is 0 Å². The zero-order chi connectivity index (χ0) is 15.7. The second-order valence-corrected chi connectivity index (χ2v) is 5.87. The molecular weight excluding hydrogens is 282 g/mol. The largest absolute Gasteiger partial charge is 0.330 e. The Balaban J connectivity index is 1.80. The molecule has 2 aromatic rings. The Morgan fingerprint density at radius 1 is 1.27 bits per heavy atom. The average molecular weight is 303 g/mol. The van der Waals surface area contributed by atoms with Crippen molar-refractivity contribution in [1.82, 2.24) is 23.8 Å². The number of rotatable bonds is 4. The van der Waals surface area contributed by atoms with Gasteiger partial charge in [0.25, 0.3) is 5.56 Å². The minimum Gasteiger partial charge on any atom is -0.299 e. The van der Waals surface area contributed by atoms with Crippen molar-refractivity contribution in [3.63, 3.8) is 0 Å². The molecule has 0 bridgehead atoms. The molecule has 1 aliphatic heterocycles. The standard InChI is InChI=1S/C15H21N5O2/c1-17-13(9-14(21)18(2)15(17)22)10-19-7-3-5-12(19)11-20-8-4-6-16-20/h4,6,8-9,12H,3,5,7,10-11H2,1-2H3. The third kappa shape index (κ3) is 2.76. The molecule has 0 amide bonds. The highest BCUT2D eigenvalue weighted by molar-refractivity contribution is 5.03. The van der Waals surface area contributed by atoms with Gasteiger partial charge in [0.05, 0.1) is 6.54 Å². The van der Waals surface area contributed by atoms with Gasteiger partial charge in [-0.25, -0.2) is 4.79 Å². The van der Waals surface area contributed by atoms with E-state index in [2.05, 4.69) is 10.00 Å². The Morgan fingerprint density at radius 2 is 2.09 bits per heavy atom. The van der Waals surface area contributed by atoms with Gasteiger partial charge in [0.1, 0.15) is 0 Å². The number of nitrogens with zero attached hydrogens (tertiary/aromatic N) is 5. The van der Waals surface area contributed by atoms with Crippen LogP contribution < -0.4 is 11.2 Å². The summed E-state index contributed by atoms with van der Waals surface area (Å²) in [6.07, 6.45) is 5.98. The van der Waals surface area contributed by atoms with Crippen LogP contribution in [-0.2, 0) is 27.2 Å². The van der Waals surface area contributed by atoms with Crippen LogP contribution >= 0.6 is 0 Å². The first-order valence-corrected chi connectivity index (χ1v) is 7.53. The average Bonchev–Trinajstić information content (AvgIpc) is 3.15. The zero-order valence-corrected chi connectivity index (χ0v) is 13.0. The van der Waals surface area contributed by atoms with Crippen LogP contribution in [0.1, 0.15) is 18.5 Å². The van der Waals surface area contributed by atoms with Crippen molar-refractivity contribution >= 4 is 0 Å². The molecular formula is C15H21N5O2. The fraction of sp³-hybridized carbons (Fsp3) is 0.533. The van der Waals surface area contributed by atoms with E-state index in [-0.39, 0.29) is 11.2 Å². The maximum Gasteiger partial charge on any atom is 0.330 e. The van der Waals surface area contributed by atoms with Gasteiger partial charge in [-0.1, -0.05) is 0 Å². The van der Waals surface area contributed by atoms with E-state index in [1.807, 2.05) is 16.9 Å². The number of hydrogen-bond donors (Lipinski definition) is 0. The molecule has 7 nitrogen and oxygen atoms in total. The van der Waals surface area contributed by atoms with E-state index in [0.29, 0.717) is 12.6 Å². The van der Waals surface area contributed by atoms with Gasteiger partial charge in [0, 0.05) is 50.8 Å². The van der Waals surface area contributed by atoms with Crippen LogP contribution in [0.3, 0.4) is 0 Å². The molecule has 1 aliphatic rings. The summed E-state index contributed by atoms with van der Waals surface area (Å²) in [5.41, 5.74) is 0.242. The highest BCUT2D eigenvalue weighted by Gasteiger charge is 2.25. The van der Waals surface area contributed by atoms with Crippen LogP contribution in [0.25, 0.3) is 0 Å². The fourth-order valence-electron chi connectivity index (χ4n) is 3.07. The first-order valence-electron chi connectivity index (χ1n) is 7.53. The lowest BCUT2D eigenvalue weighted by Gasteiger charge is -2.25. The lowest BCUT2D eigenvalue weighted by atomic mass is 10.2. The Labute approximate surface area is 128 Å². The minimum atomic E-state index is -0.273. The monoisotopic (exact) mass is 303 g/mol. The molecule has 0 spiro atoms. The van der Waals surface area contributed by atoms with Gasteiger partial charge in [0.2, 0.25) is 0 Å². The van der Waals surface area contributed by atoms with Crippen LogP contribution in [0.5, 0.6) is 0 Å². The van der Waals surface area contributed by atoms with Gasteiger partial charge >= 0.3 is 5.69 Å². The first-order chi connectivity index (χ1) is 10.6. The van der Waals surface area contributed by atoms with Gasteiger partial charge < -0.3 is 0 Å². The van der Waals surface area contributed by atoms with Gasteiger partial charge in [-0.05, 0) is 25.5 Å². The maximum atomic E-state index is 12.0. The summed E-state index contributed by atoms with van der Waals surface area (Å²) in [4.78, 5) is 26.2. The Kier molecular flexibility index (Phi) is 3.98. The predicted octanol–water partition coefficient (Wildman–Crippen LogP) is -0.0549. The molecule has 1 fully saturated rings. The summed E-state index contributed by atoms with van der Waals surface area (Å²) in [6.45, 7) is 2.44. The van der Waals surface area contributed by atoms with Crippen molar-refractivity contribution in [1.29, 1.82) is 0 Å². The van der Waals surface area contributed by atoms with Gasteiger partial charge in [-0.2, -0.15) is 5.10 Å². The molecule has 0 aromatic carbocycles. The first kappa shape index (κ1) is 14.8. The van der Waals surface area contributed by atoms with E-state index in [9.17, 15) is 9.59 Å². The second kappa shape index (κ2) is 5.92. The quantitative estimate of drug-likeness (QED) is 0.794. The Morgan fingerprint density at radius 3 is 2.82 bits per heavy atom. The normalized spacial score (nSPS) is 18.9. The molecule has 118 valence electrons. The minimum absolute atomic E-state index is 0.249. The van der Waals surface area contributed by atoms with Crippen LogP contribution in [0, 0.1) is 0 Å². The zero-order valence-electron chi connectivity index (χ0n) is 13.0. The molecule has 7 heteroatoms. The Bertz CT molecular complexity index is 759. The van der Waals surface area contributed by atoms with Crippen molar-refractivity contribution in [3.05, 3.63) is 51.1 Å². The summed E-state index contributed by atoms with van der Waals surface area (Å²) >= 11 is 0. The SMILES string of the molecule is Cn1c(CN2CCCC2Cn2cccn2)cc(=O)n(C)c1=O. The third-order valence-electron chi connectivity index (χ3n) is 4.45. The van der Waals surface area contributed by atoms with E-state index in [4.69, 9.17) is 0 Å². The number of aromatic nitrogens is 4. The third-order valence-corrected chi connectivity index (χ3v) is 4.45. The summed E-state index contributed by atoms with van der Waals surface area (Å²) < 4.78 is 4.63. The number of likely N-dealkylation sites (tertiary alicyclic amines) is 1. The second-order valence-electron chi connectivity index (χ2n) is 5.87. The van der Waals surface area contributed by atoms with E-state index in [1.54, 1.807) is 23.9 Å². The Hall–Kier alpha value is -2.15. The summed E-state index contributed by atoms with van der Waals surface area (Å²) in [5.74, 6) is 0. The molecule has 3 rings (SSSR count). The molecule has 0 saturated carbocycles. The molecule has 3 heterocycles. The molecule has 0 aliphatic carbocycles. The van der Waals surface area contributed by atoms with Crippen LogP contribution in [0.4, 0.5) is 0 Å². The lowest BCUT2D eigenvalue weighted by Crippen LogP contribution is -2.40. The lowest BCUT2D eigenvalue weighted by molar-refractivity contribution is 0.213. The maximum absolute atomic E-state index is 12.0. The molecule has 1 saturated heterocycles. The molecule has 0 N–H and O–H groups in total. The molecule has 22 heavy (non-hydrogen) atoms. The van der Waals surface area contributed by atoms with Crippen molar-refractivity contribution in [2.24, 2.45) is 14.1 Å². The van der Waals surface area contributed by atoms with Crippen LogP contribution in [0.2, 0.25) is 0 Å². The van der Waals surface area contributed by atoms with Crippen molar-refractivity contribution in [3.8, 4) is 0 Å². The fourth-order valence-corrected chi connectivity index (χ4v) is 3.07. The summed E-state index contributed by atoms with van der Waals surface area (Å²) in [6, 6.07) is 3.87.